The molecule has 0 spiro atoms. The van der Waals surface area contributed by atoms with Crippen LogP contribution in [-0.2, 0) is 22.8 Å². The molecule has 11 heteroatoms. The van der Waals surface area contributed by atoms with Gasteiger partial charge in [-0.3, -0.25) is 4.79 Å². The zero-order valence-corrected chi connectivity index (χ0v) is 14.1. The van der Waals surface area contributed by atoms with Crippen molar-refractivity contribution in [2.24, 2.45) is 0 Å². The van der Waals surface area contributed by atoms with Crippen molar-refractivity contribution in [2.75, 3.05) is 11.9 Å². The summed E-state index contributed by atoms with van der Waals surface area (Å²) >= 11 is 3.10. The van der Waals surface area contributed by atoms with Crippen molar-refractivity contribution in [1.29, 1.82) is 0 Å². The second-order valence-electron chi connectivity index (χ2n) is 4.58. The molecular weight excluding hydrogens is 372 g/mol. The Balaban J connectivity index is 2.01. The zero-order valence-electron chi connectivity index (χ0n) is 12.5. The number of nitrogens with one attached hydrogen (secondary N) is 1. The van der Waals surface area contributed by atoms with Crippen LogP contribution < -0.4 is 5.32 Å². The fraction of sp³-hybridized carbons (Fsp3) is 0.417. The minimum absolute atomic E-state index is 0.144. The minimum atomic E-state index is -0.608. The molecule has 0 atom stereocenters. The predicted molar refractivity (Wildman–Crippen MR) is 83.8 cm³/mol. The highest BCUT2D eigenvalue weighted by molar-refractivity contribution is 9.10. The first-order valence-corrected chi connectivity index (χ1v) is 7.49. The fourth-order valence-electron chi connectivity index (χ4n) is 1.80. The third-order valence-corrected chi connectivity index (χ3v) is 3.86. The van der Waals surface area contributed by atoms with Crippen LogP contribution in [-0.4, -0.2) is 37.0 Å². The van der Waals surface area contributed by atoms with E-state index in [1.54, 1.807) is 17.8 Å². The first-order chi connectivity index (χ1) is 10.9. The van der Waals surface area contributed by atoms with Crippen LogP contribution in [0.2, 0.25) is 0 Å². The molecule has 0 bridgehead atoms. The van der Waals surface area contributed by atoms with E-state index >= 15 is 0 Å². The van der Waals surface area contributed by atoms with E-state index in [4.69, 9.17) is 4.74 Å². The van der Waals surface area contributed by atoms with Crippen molar-refractivity contribution in [1.82, 2.24) is 19.6 Å². The Hall–Kier alpha value is -2.27. The Morgan fingerprint density at radius 2 is 2.30 bits per heavy atom. The summed E-state index contributed by atoms with van der Waals surface area (Å²) in [5.74, 6) is -0.686. The van der Waals surface area contributed by atoms with Crippen molar-refractivity contribution < 1.29 is 14.5 Å². The molecule has 0 saturated heterocycles. The molecule has 0 unspecified atom stereocenters. The standard InChI is InChI=1S/C12H15BrN6O4/c1-3-23-7-17-5-9(4-14-17)15-10(20)6-18-8(2)11(13)12(16-18)19(21)22/h4-5H,3,6-7H2,1-2H3,(H,15,20). The van der Waals surface area contributed by atoms with Crippen LogP contribution in [0.3, 0.4) is 0 Å². The Morgan fingerprint density at radius 1 is 1.57 bits per heavy atom. The second kappa shape index (κ2) is 7.33. The molecule has 124 valence electrons. The average molecular weight is 387 g/mol. The summed E-state index contributed by atoms with van der Waals surface area (Å²) in [7, 11) is 0. The number of nitrogens with zero attached hydrogens (tertiary/aromatic N) is 5. The van der Waals surface area contributed by atoms with Gasteiger partial charge in [0.05, 0.1) is 28.9 Å². The van der Waals surface area contributed by atoms with Gasteiger partial charge in [0.1, 0.15) is 17.7 Å². The van der Waals surface area contributed by atoms with E-state index in [2.05, 4.69) is 31.4 Å². The number of anilines is 1. The van der Waals surface area contributed by atoms with Crippen molar-refractivity contribution in [2.45, 2.75) is 27.1 Å². The number of amides is 1. The van der Waals surface area contributed by atoms with Gasteiger partial charge >= 0.3 is 5.82 Å². The maximum atomic E-state index is 12.0. The van der Waals surface area contributed by atoms with Crippen molar-refractivity contribution in [3.05, 3.63) is 32.7 Å². The third-order valence-electron chi connectivity index (χ3n) is 2.93. The van der Waals surface area contributed by atoms with Gasteiger partial charge in [-0.05, 0) is 34.7 Å². The molecule has 2 aromatic rings. The molecule has 2 heterocycles. The van der Waals surface area contributed by atoms with Gasteiger partial charge in [0, 0.05) is 6.61 Å². The van der Waals surface area contributed by atoms with Crippen LogP contribution in [0.15, 0.2) is 16.9 Å². The van der Waals surface area contributed by atoms with Crippen molar-refractivity contribution in [3.63, 3.8) is 0 Å². The van der Waals surface area contributed by atoms with Crippen LogP contribution in [0, 0.1) is 17.0 Å². The number of halogens is 1. The summed E-state index contributed by atoms with van der Waals surface area (Å²) < 4.78 is 8.26. The maximum absolute atomic E-state index is 12.0. The summed E-state index contributed by atoms with van der Waals surface area (Å²) in [5, 5.41) is 21.3. The number of hydrogen-bond acceptors (Lipinski definition) is 6. The highest BCUT2D eigenvalue weighted by Crippen LogP contribution is 2.26. The number of carbonyl (C=O) groups excluding carboxylic acids is 1. The predicted octanol–water partition coefficient (Wildman–Crippen LogP) is 1.69. The molecule has 10 nitrogen and oxygen atoms in total. The second-order valence-corrected chi connectivity index (χ2v) is 5.37. The van der Waals surface area contributed by atoms with Gasteiger partial charge < -0.3 is 20.2 Å². The first-order valence-electron chi connectivity index (χ1n) is 6.69. The number of carbonyl (C=O) groups is 1. The van der Waals surface area contributed by atoms with E-state index in [0.717, 1.165) is 0 Å². The van der Waals surface area contributed by atoms with Gasteiger partial charge in [0.2, 0.25) is 5.91 Å². The van der Waals surface area contributed by atoms with E-state index in [9.17, 15) is 14.9 Å². The lowest BCUT2D eigenvalue weighted by atomic mass is 10.4. The monoisotopic (exact) mass is 386 g/mol. The first kappa shape index (κ1) is 17.1. The largest absolute Gasteiger partial charge is 0.404 e. The molecule has 2 aromatic heterocycles. The summed E-state index contributed by atoms with van der Waals surface area (Å²) in [6, 6.07) is 0. The van der Waals surface area contributed by atoms with E-state index in [0.29, 0.717) is 24.7 Å². The smallest absolute Gasteiger partial charge is 0.360 e. The van der Waals surface area contributed by atoms with E-state index in [-0.39, 0.29) is 22.7 Å². The number of ether oxygens (including phenoxy) is 1. The highest BCUT2D eigenvalue weighted by Gasteiger charge is 2.24. The van der Waals surface area contributed by atoms with Crippen molar-refractivity contribution in [3.8, 4) is 0 Å². The van der Waals surface area contributed by atoms with Crippen LogP contribution in [0.1, 0.15) is 12.6 Å². The molecule has 23 heavy (non-hydrogen) atoms. The third kappa shape index (κ3) is 4.13. The molecule has 1 N–H and O–H groups in total. The average Bonchev–Trinajstić information content (AvgIpc) is 3.04. The molecule has 0 saturated carbocycles. The molecule has 0 aromatic carbocycles. The van der Waals surface area contributed by atoms with Gasteiger partial charge in [-0.25, -0.2) is 4.68 Å². The zero-order chi connectivity index (χ0) is 17.0. The number of nitro groups is 1. The topological polar surface area (TPSA) is 117 Å². The van der Waals surface area contributed by atoms with Gasteiger partial charge in [0.15, 0.2) is 0 Å². The van der Waals surface area contributed by atoms with Crippen LogP contribution in [0.5, 0.6) is 0 Å². The Bertz CT molecular complexity index is 725. The molecule has 0 radical (unpaired) electrons. The lowest BCUT2D eigenvalue weighted by Crippen LogP contribution is -2.20. The lowest BCUT2D eigenvalue weighted by Gasteiger charge is -2.02. The summed E-state index contributed by atoms with van der Waals surface area (Å²) in [5.41, 5.74) is 1.01. The fourth-order valence-corrected chi connectivity index (χ4v) is 2.23. The Morgan fingerprint density at radius 3 is 2.91 bits per heavy atom. The molecule has 1 amide bonds. The number of hydrogen-bond donors (Lipinski definition) is 1. The summed E-state index contributed by atoms with van der Waals surface area (Å²) in [4.78, 5) is 22.2. The lowest BCUT2D eigenvalue weighted by molar-refractivity contribution is -0.390. The quantitative estimate of drug-likeness (QED) is 0.571. The normalized spacial score (nSPS) is 10.7. The number of aromatic nitrogens is 4. The summed E-state index contributed by atoms with van der Waals surface area (Å²) in [6.45, 7) is 4.22. The molecule has 0 aliphatic rings. The Labute approximate surface area is 139 Å². The van der Waals surface area contributed by atoms with E-state index < -0.39 is 4.92 Å². The van der Waals surface area contributed by atoms with Gasteiger partial charge in [-0.1, -0.05) is 0 Å². The van der Waals surface area contributed by atoms with Gasteiger partial charge in [0.25, 0.3) is 0 Å². The molecule has 0 aliphatic heterocycles. The number of rotatable bonds is 7. The van der Waals surface area contributed by atoms with E-state index in [1.165, 1.54) is 10.9 Å². The van der Waals surface area contributed by atoms with Crippen LogP contribution >= 0.6 is 15.9 Å². The SMILES string of the molecule is CCOCn1cc(NC(=O)Cn2nc([N+](=O)[O-])c(Br)c2C)cn1. The maximum Gasteiger partial charge on any atom is 0.404 e. The molecule has 0 fully saturated rings. The van der Waals surface area contributed by atoms with E-state index in [1.807, 2.05) is 6.92 Å². The summed E-state index contributed by atoms with van der Waals surface area (Å²) in [6.07, 6.45) is 3.12. The van der Waals surface area contributed by atoms with Crippen LogP contribution in [0.4, 0.5) is 11.5 Å². The Kier molecular flexibility index (Phi) is 5.45. The highest BCUT2D eigenvalue weighted by atomic mass is 79.9. The minimum Gasteiger partial charge on any atom is -0.360 e. The van der Waals surface area contributed by atoms with Crippen molar-refractivity contribution >= 4 is 33.3 Å². The van der Waals surface area contributed by atoms with Gasteiger partial charge in [-0.15, -0.1) is 0 Å². The van der Waals surface area contributed by atoms with Gasteiger partial charge in [-0.2, -0.15) is 9.78 Å². The molecular formula is C12H15BrN6O4. The molecule has 2 rings (SSSR count). The molecule has 0 aliphatic carbocycles. The van der Waals surface area contributed by atoms with Crippen LogP contribution in [0.25, 0.3) is 0 Å².